The number of hydrogen-bond acceptors (Lipinski definition) is 2. The molecule has 0 heterocycles. The Bertz CT molecular complexity index is 720. The van der Waals surface area contributed by atoms with Gasteiger partial charge in [-0.3, -0.25) is 4.79 Å². The summed E-state index contributed by atoms with van der Waals surface area (Å²) in [6.45, 7) is 10.1. The third-order valence-electron chi connectivity index (χ3n) is 3.68. The summed E-state index contributed by atoms with van der Waals surface area (Å²) in [4.78, 5) is 11.7. The van der Waals surface area contributed by atoms with Gasteiger partial charge in [-0.1, -0.05) is 49.4 Å². The minimum Gasteiger partial charge on any atom is -0.489 e. The lowest BCUT2D eigenvalue weighted by atomic mass is 10.1. The van der Waals surface area contributed by atoms with Crippen LogP contribution in [0.15, 0.2) is 43.0 Å². The van der Waals surface area contributed by atoms with Gasteiger partial charge in [-0.15, -0.1) is 0 Å². The Morgan fingerprint density at radius 3 is 2.65 bits per heavy atom. The van der Waals surface area contributed by atoms with Crippen LogP contribution in [0.2, 0.25) is 0 Å². The molecule has 2 rings (SSSR count). The van der Waals surface area contributed by atoms with Crippen LogP contribution in [0.25, 0.3) is 6.08 Å². The smallest absolute Gasteiger partial charge is 0.224 e. The summed E-state index contributed by atoms with van der Waals surface area (Å²) in [5.41, 5.74) is 5.00. The van der Waals surface area contributed by atoms with E-state index in [0.717, 1.165) is 28.1 Å². The fourth-order valence-electron chi connectivity index (χ4n) is 2.32. The molecule has 0 unspecified atom stereocenters. The minimum absolute atomic E-state index is 0.0148. The highest BCUT2D eigenvalue weighted by molar-refractivity contribution is 5.91. The molecule has 1 N–H and O–H groups in total. The van der Waals surface area contributed by atoms with Gasteiger partial charge in [-0.05, 0) is 37.1 Å². The van der Waals surface area contributed by atoms with Gasteiger partial charge in [-0.25, -0.2) is 0 Å². The van der Waals surface area contributed by atoms with Gasteiger partial charge in [0, 0.05) is 17.7 Å². The molecule has 23 heavy (non-hydrogen) atoms. The number of hydrogen-bond donors (Lipinski definition) is 1. The number of carbonyl (C=O) groups excluding carboxylic acids is 1. The van der Waals surface area contributed by atoms with Crippen molar-refractivity contribution in [3.05, 3.63) is 65.2 Å². The van der Waals surface area contributed by atoms with Crippen molar-refractivity contribution in [2.24, 2.45) is 0 Å². The lowest BCUT2D eigenvalue weighted by molar-refractivity contribution is -0.115. The summed E-state index contributed by atoms with van der Waals surface area (Å²) >= 11 is 0. The van der Waals surface area contributed by atoms with Crippen LogP contribution in [0.5, 0.6) is 5.75 Å². The number of nitrogens with one attached hydrogen (secondary N) is 1. The molecule has 0 spiro atoms. The Labute approximate surface area is 138 Å². The van der Waals surface area contributed by atoms with Crippen LogP contribution in [-0.2, 0) is 11.4 Å². The van der Waals surface area contributed by atoms with Crippen LogP contribution in [0.1, 0.15) is 35.6 Å². The van der Waals surface area contributed by atoms with Gasteiger partial charge in [-0.2, -0.15) is 0 Å². The van der Waals surface area contributed by atoms with Gasteiger partial charge in [0.05, 0.1) is 0 Å². The minimum atomic E-state index is -0.0148. The number of carbonyl (C=O) groups is 1. The largest absolute Gasteiger partial charge is 0.489 e. The third kappa shape index (κ3) is 4.46. The predicted molar refractivity (Wildman–Crippen MR) is 95.7 cm³/mol. The van der Waals surface area contributed by atoms with E-state index in [1.165, 1.54) is 5.56 Å². The van der Waals surface area contributed by atoms with Crippen molar-refractivity contribution in [2.75, 3.05) is 5.32 Å². The average molecular weight is 309 g/mol. The normalized spacial score (nSPS) is 10.2. The maximum Gasteiger partial charge on any atom is 0.224 e. The van der Waals surface area contributed by atoms with E-state index in [-0.39, 0.29) is 5.91 Å². The van der Waals surface area contributed by atoms with Crippen molar-refractivity contribution >= 4 is 17.7 Å². The SMILES string of the molecule is C=Cc1ccc(COc2ccc(C)cc2C)c(NC(=O)CC)c1. The van der Waals surface area contributed by atoms with E-state index >= 15 is 0 Å². The molecule has 3 heteroatoms. The van der Waals surface area contributed by atoms with Gasteiger partial charge in [0.2, 0.25) is 5.91 Å². The predicted octanol–water partition coefficient (Wildman–Crippen LogP) is 4.87. The van der Waals surface area contributed by atoms with Crippen LogP contribution in [0.4, 0.5) is 5.69 Å². The molecule has 0 saturated carbocycles. The molecule has 3 nitrogen and oxygen atoms in total. The van der Waals surface area contributed by atoms with Gasteiger partial charge >= 0.3 is 0 Å². The fraction of sp³-hybridized carbons (Fsp3) is 0.250. The second-order valence-corrected chi connectivity index (χ2v) is 5.58. The highest BCUT2D eigenvalue weighted by atomic mass is 16.5. The summed E-state index contributed by atoms with van der Waals surface area (Å²) < 4.78 is 5.93. The van der Waals surface area contributed by atoms with Crippen molar-refractivity contribution < 1.29 is 9.53 Å². The molecule has 0 fully saturated rings. The Morgan fingerprint density at radius 1 is 1.22 bits per heavy atom. The van der Waals surface area contributed by atoms with E-state index in [0.29, 0.717) is 13.0 Å². The first-order valence-electron chi connectivity index (χ1n) is 7.78. The zero-order valence-electron chi connectivity index (χ0n) is 14.0. The van der Waals surface area contributed by atoms with E-state index in [4.69, 9.17) is 4.74 Å². The first-order chi connectivity index (χ1) is 11.0. The number of benzene rings is 2. The highest BCUT2D eigenvalue weighted by Crippen LogP contribution is 2.24. The van der Waals surface area contributed by atoms with Crippen LogP contribution >= 0.6 is 0 Å². The van der Waals surface area contributed by atoms with Gasteiger partial charge in [0.1, 0.15) is 12.4 Å². The number of anilines is 1. The molecule has 0 atom stereocenters. The second kappa shape index (κ2) is 7.63. The molecule has 2 aromatic rings. The Morgan fingerprint density at radius 2 is 2.00 bits per heavy atom. The Hall–Kier alpha value is -2.55. The van der Waals surface area contributed by atoms with E-state index < -0.39 is 0 Å². The van der Waals surface area contributed by atoms with Crippen molar-refractivity contribution in [1.29, 1.82) is 0 Å². The number of rotatable bonds is 6. The molecule has 0 aliphatic rings. The van der Waals surface area contributed by atoms with Crippen LogP contribution in [0.3, 0.4) is 0 Å². The molecular formula is C20H23NO2. The van der Waals surface area contributed by atoms with Crippen molar-refractivity contribution in [3.8, 4) is 5.75 Å². The van der Waals surface area contributed by atoms with Crippen molar-refractivity contribution in [2.45, 2.75) is 33.8 Å². The third-order valence-corrected chi connectivity index (χ3v) is 3.68. The lowest BCUT2D eigenvalue weighted by Gasteiger charge is -2.14. The summed E-state index contributed by atoms with van der Waals surface area (Å²) in [5.74, 6) is 0.843. The second-order valence-electron chi connectivity index (χ2n) is 5.58. The van der Waals surface area contributed by atoms with Crippen molar-refractivity contribution in [3.63, 3.8) is 0 Å². The van der Waals surface area contributed by atoms with Crippen LogP contribution < -0.4 is 10.1 Å². The standard InChI is InChI=1S/C20H23NO2/c1-5-16-8-9-17(18(12-16)21-20(22)6-2)13-23-19-10-7-14(3)11-15(19)4/h5,7-12H,1,6,13H2,2-4H3,(H,21,22). The summed E-state index contributed by atoms with van der Waals surface area (Å²) in [5, 5.41) is 2.93. The summed E-state index contributed by atoms with van der Waals surface area (Å²) in [6.07, 6.45) is 2.20. The van der Waals surface area contributed by atoms with E-state index in [9.17, 15) is 4.79 Å². The molecule has 0 saturated heterocycles. The maximum absolute atomic E-state index is 11.7. The first-order valence-corrected chi connectivity index (χ1v) is 7.78. The van der Waals surface area contributed by atoms with E-state index in [2.05, 4.69) is 24.9 Å². The van der Waals surface area contributed by atoms with Gasteiger partial charge in [0.15, 0.2) is 0 Å². The maximum atomic E-state index is 11.7. The quantitative estimate of drug-likeness (QED) is 0.826. The molecule has 2 aromatic carbocycles. The number of aryl methyl sites for hydroxylation is 2. The highest BCUT2D eigenvalue weighted by Gasteiger charge is 2.08. The molecule has 0 aliphatic carbocycles. The molecule has 0 aliphatic heterocycles. The van der Waals surface area contributed by atoms with Gasteiger partial charge < -0.3 is 10.1 Å². The summed E-state index contributed by atoms with van der Waals surface area (Å²) in [6, 6.07) is 12.0. The first kappa shape index (κ1) is 16.8. The summed E-state index contributed by atoms with van der Waals surface area (Å²) in [7, 11) is 0. The van der Waals surface area contributed by atoms with E-state index in [1.807, 2.05) is 44.2 Å². The fourth-order valence-corrected chi connectivity index (χ4v) is 2.32. The molecule has 0 bridgehead atoms. The average Bonchev–Trinajstić information content (AvgIpc) is 2.54. The zero-order valence-corrected chi connectivity index (χ0v) is 14.0. The molecule has 0 radical (unpaired) electrons. The molecule has 0 aromatic heterocycles. The Balaban J connectivity index is 2.20. The monoisotopic (exact) mass is 309 g/mol. The molecule has 120 valence electrons. The van der Waals surface area contributed by atoms with Crippen LogP contribution in [0, 0.1) is 13.8 Å². The van der Waals surface area contributed by atoms with E-state index in [1.54, 1.807) is 6.08 Å². The molecular weight excluding hydrogens is 286 g/mol. The van der Waals surface area contributed by atoms with Crippen molar-refractivity contribution in [1.82, 2.24) is 0 Å². The zero-order chi connectivity index (χ0) is 16.8. The Kier molecular flexibility index (Phi) is 5.58. The number of amides is 1. The lowest BCUT2D eigenvalue weighted by Crippen LogP contribution is -2.12. The van der Waals surface area contributed by atoms with Gasteiger partial charge in [0.25, 0.3) is 0 Å². The molecule has 1 amide bonds. The van der Waals surface area contributed by atoms with Crippen LogP contribution in [-0.4, -0.2) is 5.91 Å². The number of ether oxygens (including phenoxy) is 1. The topological polar surface area (TPSA) is 38.3 Å².